The summed E-state index contributed by atoms with van der Waals surface area (Å²) < 4.78 is 15.4. The third-order valence-electron chi connectivity index (χ3n) is 3.59. The molecule has 2 heterocycles. The Morgan fingerprint density at radius 3 is 2.86 bits per heavy atom. The maximum Gasteiger partial charge on any atom is 0.227 e. The van der Waals surface area contributed by atoms with E-state index in [1.807, 2.05) is 0 Å². The largest absolute Gasteiger partial charge is 0.326 e. The molecule has 0 bridgehead atoms. The van der Waals surface area contributed by atoms with Crippen LogP contribution in [0.25, 0.3) is 5.69 Å². The fraction of sp³-hybridized carbons (Fsp3) is 0.357. The molecule has 1 saturated heterocycles. The maximum atomic E-state index is 14.1. The lowest BCUT2D eigenvalue weighted by molar-refractivity contribution is -0.120. The van der Waals surface area contributed by atoms with Gasteiger partial charge in [0.2, 0.25) is 5.91 Å². The van der Waals surface area contributed by atoms with Crippen molar-refractivity contribution in [2.75, 3.05) is 18.4 Å². The average molecular weight is 289 g/mol. The van der Waals surface area contributed by atoms with E-state index in [0.29, 0.717) is 11.4 Å². The molecule has 0 unspecified atom stereocenters. The monoisotopic (exact) mass is 289 g/mol. The predicted octanol–water partition coefficient (Wildman–Crippen LogP) is 1.34. The highest BCUT2D eigenvalue weighted by atomic mass is 19.1. The summed E-state index contributed by atoms with van der Waals surface area (Å²) in [5.41, 5.74) is 0.757. The fourth-order valence-electron chi connectivity index (χ4n) is 2.43. The van der Waals surface area contributed by atoms with Crippen molar-refractivity contribution in [1.82, 2.24) is 20.1 Å². The third-order valence-corrected chi connectivity index (χ3v) is 3.59. The third kappa shape index (κ3) is 3.08. The van der Waals surface area contributed by atoms with Crippen molar-refractivity contribution in [2.45, 2.75) is 12.8 Å². The van der Waals surface area contributed by atoms with Gasteiger partial charge in [-0.05, 0) is 44.1 Å². The first-order valence-corrected chi connectivity index (χ1v) is 6.90. The van der Waals surface area contributed by atoms with Crippen molar-refractivity contribution in [1.29, 1.82) is 0 Å². The summed E-state index contributed by atoms with van der Waals surface area (Å²) >= 11 is 0. The molecule has 21 heavy (non-hydrogen) atoms. The molecule has 1 aromatic heterocycles. The molecule has 110 valence electrons. The second kappa shape index (κ2) is 6.01. The number of anilines is 1. The molecule has 0 spiro atoms. The molecule has 3 rings (SSSR count). The van der Waals surface area contributed by atoms with E-state index in [1.165, 1.54) is 23.4 Å². The lowest BCUT2D eigenvalue weighted by Crippen LogP contribution is -2.34. The molecule has 2 aromatic rings. The minimum Gasteiger partial charge on any atom is -0.326 e. The fourth-order valence-corrected chi connectivity index (χ4v) is 2.43. The second-order valence-electron chi connectivity index (χ2n) is 5.02. The van der Waals surface area contributed by atoms with Gasteiger partial charge < -0.3 is 10.6 Å². The number of nitrogens with zero attached hydrogens (tertiary/aromatic N) is 3. The zero-order valence-corrected chi connectivity index (χ0v) is 11.4. The molecule has 0 atom stereocenters. The van der Waals surface area contributed by atoms with E-state index < -0.39 is 5.82 Å². The highest BCUT2D eigenvalue weighted by molar-refractivity contribution is 5.92. The van der Waals surface area contributed by atoms with Crippen molar-refractivity contribution in [3.05, 3.63) is 36.7 Å². The SMILES string of the molecule is O=C(Nc1ccc(-n2cncn2)c(F)c1)C1CCNCC1. The van der Waals surface area contributed by atoms with Gasteiger partial charge in [0.1, 0.15) is 18.3 Å². The second-order valence-corrected chi connectivity index (χ2v) is 5.02. The lowest BCUT2D eigenvalue weighted by Gasteiger charge is -2.21. The Balaban J connectivity index is 1.72. The molecule has 2 N–H and O–H groups in total. The van der Waals surface area contributed by atoms with Crippen molar-refractivity contribution >= 4 is 11.6 Å². The van der Waals surface area contributed by atoms with Crippen LogP contribution in [0.2, 0.25) is 0 Å². The number of piperidine rings is 1. The van der Waals surface area contributed by atoms with Gasteiger partial charge in [0, 0.05) is 11.6 Å². The summed E-state index contributed by atoms with van der Waals surface area (Å²) in [5, 5.41) is 9.87. The number of aromatic nitrogens is 3. The number of carbonyl (C=O) groups is 1. The molecule has 1 aliphatic heterocycles. The smallest absolute Gasteiger partial charge is 0.227 e. The van der Waals surface area contributed by atoms with Gasteiger partial charge in [-0.2, -0.15) is 5.10 Å². The number of amides is 1. The van der Waals surface area contributed by atoms with E-state index in [0.717, 1.165) is 25.9 Å². The Morgan fingerprint density at radius 1 is 1.38 bits per heavy atom. The normalized spacial score (nSPS) is 15.9. The van der Waals surface area contributed by atoms with Gasteiger partial charge in [0.05, 0.1) is 0 Å². The average Bonchev–Trinajstić information content (AvgIpc) is 3.02. The highest BCUT2D eigenvalue weighted by Crippen LogP contribution is 2.19. The molecule has 1 aromatic carbocycles. The summed E-state index contributed by atoms with van der Waals surface area (Å²) in [5.74, 6) is -0.516. The molecule has 0 aliphatic carbocycles. The van der Waals surface area contributed by atoms with E-state index in [9.17, 15) is 9.18 Å². The zero-order chi connectivity index (χ0) is 14.7. The van der Waals surface area contributed by atoms with Crippen molar-refractivity contribution in [2.24, 2.45) is 5.92 Å². The molecule has 0 radical (unpaired) electrons. The molecular weight excluding hydrogens is 273 g/mol. The Labute approximate surface area is 121 Å². The Hall–Kier alpha value is -2.28. The van der Waals surface area contributed by atoms with Gasteiger partial charge in [-0.3, -0.25) is 4.79 Å². The first kappa shape index (κ1) is 13.7. The number of carbonyl (C=O) groups excluding carboxylic acids is 1. The predicted molar refractivity (Wildman–Crippen MR) is 75.5 cm³/mol. The minimum atomic E-state index is -0.455. The quantitative estimate of drug-likeness (QED) is 0.894. The molecule has 0 saturated carbocycles. The molecule has 1 aliphatic rings. The van der Waals surface area contributed by atoms with Crippen LogP contribution in [0.15, 0.2) is 30.9 Å². The van der Waals surface area contributed by atoms with Crippen LogP contribution in [-0.4, -0.2) is 33.8 Å². The number of hydrogen-bond donors (Lipinski definition) is 2. The van der Waals surface area contributed by atoms with Crippen LogP contribution in [0.4, 0.5) is 10.1 Å². The first-order chi connectivity index (χ1) is 10.2. The van der Waals surface area contributed by atoms with E-state index in [2.05, 4.69) is 20.7 Å². The van der Waals surface area contributed by atoms with Gasteiger partial charge in [0.15, 0.2) is 5.82 Å². The number of hydrogen-bond acceptors (Lipinski definition) is 4. The van der Waals surface area contributed by atoms with Crippen LogP contribution in [0.3, 0.4) is 0 Å². The molecule has 7 heteroatoms. The molecule has 1 amide bonds. The van der Waals surface area contributed by atoms with Crippen molar-refractivity contribution in [3.8, 4) is 5.69 Å². The topological polar surface area (TPSA) is 71.8 Å². The Morgan fingerprint density at radius 2 is 2.19 bits per heavy atom. The van der Waals surface area contributed by atoms with Gasteiger partial charge >= 0.3 is 0 Å². The van der Waals surface area contributed by atoms with Gasteiger partial charge in [-0.25, -0.2) is 14.1 Å². The zero-order valence-electron chi connectivity index (χ0n) is 11.4. The van der Waals surface area contributed by atoms with E-state index >= 15 is 0 Å². The standard InChI is InChI=1S/C14H16FN5O/c15-12-7-11(1-2-13(12)20-9-17-8-18-20)19-14(21)10-3-5-16-6-4-10/h1-2,7-10,16H,3-6H2,(H,19,21). The van der Waals surface area contributed by atoms with E-state index in [1.54, 1.807) is 12.1 Å². The number of halogens is 1. The minimum absolute atomic E-state index is 0.00990. The van der Waals surface area contributed by atoms with Crippen molar-refractivity contribution < 1.29 is 9.18 Å². The van der Waals surface area contributed by atoms with Crippen LogP contribution in [0.5, 0.6) is 0 Å². The summed E-state index contributed by atoms with van der Waals surface area (Å²) in [6, 6.07) is 4.54. The first-order valence-electron chi connectivity index (χ1n) is 6.90. The molecular formula is C14H16FN5O. The highest BCUT2D eigenvalue weighted by Gasteiger charge is 2.21. The van der Waals surface area contributed by atoms with Crippen LogP contribution in [-0.2, 0) is 4.79 Å². The van der Waals surface area contributed by atoms with Gasteiger partial charge in [-0.1, -0.05) is 0 Å². The lowest BCUT2D eigenvalue weighted by atomic mass is 9.97. The summed E-state index contributed by atoms with van der Waals surface area (Å²) in [6.45, 7) is 1.69. The number of rotatable bonds is 3. The maximum absolute atomic E-state index is 14.1. The van der Waals surface area contributed by atoms with Crippen LogP contribution in [0.1, 0.15) is 12.8 Å². The van der Waals surface area contributed by atoms with Crippen LogP contribution >= 0.6 is 0 Å². The number of benzene rings is 1. The number of nitrogens with one attached hydrogen (secondary N) is 2. The van der Waals surface area contributed by atoms with E-state index in [-0.39, 0.29) is 11.8 Å². The van der Waals surface area contributed by atoms with E-state index in [4.69, 9.17) is 0 Å². The summed E-state index contributed by atoms with van der Waals surface area (Å²) in [6.07, 6.45) is 4.38. The van der Waals surface area contributed by atoms with Gasteiger partial charge in [0.25, 0.3) is 0 Å². The Kier molecular flexibility index (Phi) is 3.92. The summed E-state index contributed by atoms with van der Waals surface area (Å²) in [4.78, 5) is 15.9. The van der Waals surface area contributed by atoms with Crippen molar-refractivity contribution in [3.63, 3.8) is 0 Å². The van der Waals surface area contributed by atoms with Gasteiger partial charge in [-0.15, -0.1) is 0 Å². The van der Waals surface area contributed by atoms with Crippen LogP contribution in [0, 0.1) is 11.7 Å². The summed E-state index contributed by atoms with van der Waals surface area (Å²) in [7, 11) is 0. The van der Waals surface area contributed by atoms with Crippen LogP contribution < -0.4 is 10.6 Å². The molecule has 6 nitrogen and oxygen atoms in total. The Bertz CT molecular complexity index is 622. The molecule has 1 fully saturated rings.